The van der Waals surface area contributed by atoms with Crippen molar-refractivity contribution in [3.8, 4) is 0 Å². The molecule has 0 saturated heterocycles. The molecule has 1 heterocycles. The highest BCUT2D eigenvalue weighted by Gasteiger charge is 2.16. The molecular weight excluding hydrogens is 184 g/mol. The largest absolute Gasteiger partial charge is 0.310 e. The van der Waals surface area contributed by atoms with Crippen molar-refractivity contribution in [3.05, 3.63) is 34.9 Å². The fourth-order valence-electron chi connectivity index (χ4n) is 2.33. The first-order chi connectivity index (χ1) is 7.42. The zero-order chi connectivity index (χ0) is 10.1. The van der Waals surface area contributed by atoms with Crippen LogP contribution in [0, 0.1) is 0 Å². The van der Waals surface area contributed by atoms with E-state index in [2.05, 4.69) is 28.8 Å². The number of hydrogen-bond donors (Lipinski definition) is 2. The SMILES string of the molecule is c1cc2c(cc1CNC1CCC1)CNC2. The van der Waals surface area contributed by atoms with Crippen molar-refractivity contribution in [1.29, 1.82) is 0 Å². The van der Waals surface area contributed by atoms with Crippen molar-refractivity contribution in [1.82, 2.24) is 10.6 Å². The number of fused-ring (bicyclic) bond motifs is 1. The molecule has 0 aromatic heterocycles. The molecule has 1 aliphatic heterocycles. The van der Waals surface area contributed by atoms with Crippen LogP contribution in [0.3, 0.4) is 0 Å². The molecule has 0 bridgehead atoms. The van der Waals surface area contributed by atoms with Crippen LogP contribution in [-0.2, 0) is 19.6 Å². The lowest BCUT2D eigenvalue weighted by Crippen LogP contribution is -2.34. The summed E-state index contributed by atoms with van der Waals surface area (Å²) in [5.74, 6) is 0. The van der Waals surface area contributed by atoms with E-state index < -0.39 is 0 Å². The van der Waals surface area contributed by atoms with Crippen LogP contribution in [0.2, 0.25) is 0 Å². The van der Waals surface area contributed by atoms with Crippen molar-refractivity contribution in [2.24, 2.45) is 0 Å². The van der Waals surface area contributed by atoms with Gasteiger partial charge in [0.15, 0.2) is 0 Å². The topological polar surface area (TPSA) is 24.1 Å². The van der Waals surface area contributed by atoms with Gasteiger partial charge in [0.25, 0.3) is 0 Å². The van der Waals surface area contributed by atoms with E-state index in [0.717, 1.165) is 25.7 Å². The van der Waals surface area contributed by atoms with E-state index in [1.807, 2.05) is 0 Å². The summed E-state index contributed by atoms with van der Waals surface area (Å²) in [5.41, 5.74) is 4.40. The third kappa shape index (κ3) is 1.92. The van der Waals surface area contributed by atoms with Gasteiger partial charge in [0.05, 0.1) is 0 Å². The van der Waals surface area contributed by atoms with E-state index in [1.54, 1.807) is 0 Å². The average molecular weight is 202 g/mol. The quantitative estimate of drug-likeness (QED) is 0.782. The van der Waals surface area contributed by atoms with Gasteiger partial charge < -0.3 is 10.6 Å². The van der Waals surface area contributed by atoms with Gasteiger partial charge in [-0.05, 0) is 29.5 Å². The lowest BCUT2D eigenvalue weighted by Gasteiger charge is -2.26. The van der Waals surface area contributed by atoms with Crippen LogP contribution in [0.25, 0.3) is 0 Å². The van der Waals surface area contributed by atoms with Crippen LogP contribution in [0.1, 0.15) is 36.0 Å². The minimum absolute atomic E-state index is 0.788. The molecular formula is C13H18N2. The van der Waals surface area contributed by atoms with Gasteiger partial charge in [0, 0.05) is 25.7 Å². The van der Waals surface area contributed by atoms with Crippen LogP contribution in [-0.4, -0.2) is 6.04 Å². The van der Waals surface area contributed by atoms with Crippen LogP contribution in [0.5, 0.6) is 0 Å². The summed E-state index contributed by atoms with van der Waals surface area (Å²) < 4.78 is 0. The normalized spacial score (nSPS) is 20.0. The average Bonchev–Trinajstić information content (AvgIpc) is 2.62. The molecule has 3 rings (SSSR count). The highest BCUT2D eigenvalue weighted by atomic mass is 14.9. The summed E-state index contributed by atoms with van der Waals surface area (Å²) in [5, 5.41) is 6.99. The summed E-state index contributed by atoms with van der Waals surface area (Å²) in [7, 11) is 0. The Morgan fingerprint density at radius 2 is 2.07 bits per heavy atom. The fraction of sp³-hybridized carbons (Fsp3) is 0.538. The molecule has 0 amide bonds. The molecule has 2 N–H and O–H groups in total. The first-order valence-electron chi connectivity index (χ1n) is 5.96. The van der Waals surface area contributed by atoms with Crippen molar-refractivity contribution in [2.75, 3.05) is 0 Å². The van der Waals surface area contributed by atoms with Crippen molar-refractivity contribution in [2.45, 2.75) is 44.9 Å². The molecule has 0 radical (unpaired) electrons. The van der Waals surface area contributed by atoms with Gasteiger partial charge in [-0.15, -0.1) is 0 Å². The minimum atomic E-state index is 0.788. The van der Waals surface area contributed by atoms with Gasteiger partial charge in [-0.25, -0.2) is 0 Å². The molecule has 0 atom stereocenters. The Bertz CT molecular complexity index is 356. The fourth-order valence-corrected chi connectivity index (χ4v) is 2.33. The van der Waals surface area contributed by atoms with Crippen molar-refractivity contribution in [3.63, 3.8) is 0 Å². The molecule has 80 valence electrons. The van der Waals surface area contributed by atoms with E-state index in [4.69, 9.17) is 0 Å². The van der Waals surface area contributed by atoms with E-state index in [-0.39, 0.29) is 0 Å². The van der Waals surface area contributed by atoms with Gasteiger partial charge in [0.1, 0.15) is 0 Å². The third-order valence-electron chi connectivity index (χ3n) is 3.60. The summed E-state index contributed by atoms with van der Waals surface area (Å²) in [6.07, 6.45) is 4.14. The Hall–Kier alpha value is -0.860. The second-order valence-corrected chi connectivity index (χ2v) is 4.72. The van der Waals surface area contributed by atoms with Gasteiger partial charge in [0.2, 0.25) is 0 Å². The molecule has 0 spiro atoms. The number of hydrogen-bond acceptors (Lipinski definition) is 2. The van der Waals surface area contributed by atoms with Gasteiger partial charge in [-0.3, -0.25) is 0 Å². The molecule has 2 aliphatic rings. The number of benzene rings is 1. The zero-order valence-electron chi connectivity index (χ0n) is 9.05. The van der Waals surface area contributed by atoms with Gasteiger partial charge >= 0.3 is 0 Å². The molecule has 2 nitrogen and oxygen atoms in total. The highest BCUT2D eigenvalue weighted by Crippen LogP contribution is 2.20. The first kappa shape index (κ1) is 9.37. The smallest absolute Gasteiger partial charge is 0.0212 e. The lowest BCUT2D eigenvalue weighted by atomic mass is 9.93. The predicted molar refractivity (Wildman–Crippen MR) is 61.5 cm³/mol. The molecule has 1 aromatic rings. The Morgan fingerprint density at radius 1 is 1.20 bits per heavy atom. The molecule has 1 saturated carbocycles. The Balaban J connectivity index is 1.64. The molecule has 1 aromatic carbocycles. The lowest BCUT2D eigenvalue weighted by molar-refractivity contribution is 0.338. The summed E-state index contributed by atoms with van der Waals surface area (Å²) in [6.45, 7) is 3.14. The Kier molecular flexibility index (Phi) is 2.47. The highest BCUT2D eigenvalue weighted by molar-refractivity contribution is 5.34. The molecule has 2 heteroatoms. The molecule has 1 aliphatic carbocycles. The van der Waals surface area contributed by atoms with E-state index >= 15 is 0 Å². The number of rotatable bonds is 3. The summed E-state index contributed by atoms with van der Waals surface area (Å²) in [6, 6.07) is 7.67. The molecule has 0 unspecified atom stereocenters. The summed E-state index contributed by atoms with van der Waals surface area (Å²) in [4.78, 5) is 0. The third-order valence-corrected chi connectivity index (χ3v) is 3.60. The first-order valence-corrected chi connectivity index (χ1v) is 5.96. The van der Waals surface area contributed by atoms with Crippen LogP contribution < -0.4 is 10.6 Å². The molecule has 15 heavy (non-hydrogen) atoms. The predicted octanol–water partition coefficient (Wildman–Crippen LogP) is 1.93. The van der Waals surface area contributed by atoms with Crippen LogP contribution in [0.15, 0.2) is 18.2 Å². The monoisotopic (exact) mass is 202 g/mol. The van der Waals surface area contributed by atoms with Crippen molar-refractivity contribution < 1.29 is 0 Å². The maximum Gasteiger partial charge on any atom is 0.0212 e. The standard InChI is InChI=1S/C13H18N2/c1-2-13(3-1)15-7-10-4-5-11-8-14-9-12(11)6-10/h4-6,13-15H,1-3,7-9H2. The van der Waals surface area contributed by atoms with Gasteiger partial charge in [-0.1, -0.05) is 24.6 Å². The second kappa shape index (κ2) is 3.95. The number of nitrogens with one attached hydrogen (secondary N) is 2. The Labute approximate surface area is 91.1 Å². The van der Waals surface area contributed by atoms with Gasteiger partial charge in [-0.2, -0.15) is 0 Å². The Morgan fingerprint density at radius 3 is 2.87 bits per heavy atom. The maximum absolute atomic E-state index is 3.61. The van der Waals surface area contributed by atoms with Crippen LogP contribution in [0.4, 0.5) is 0 Å². The second-order valence-electron chi connectivity index (χ2n) is 4.72. The minimum Gasteiger partial charge on any atom is -0.310 e. The van der Waals surface area contributed by atoms with E-state index in [1.165, 1.54) is 36.0 Å². The van der Waals surface area contributed by atoms with Crippen molar-refractivity contribution >= 4 is 0 Å². The van der Waals surface area contributed by atoms with E-state index in [9.17, 15) is 0 Å². The summed E-state index contributed by atoms with van der Waals surface area (Å²) >= 11 is 0. The molecule has 1 fully saturated rings. The maximum atomic E-state index is 3.61. The van der Waals surface area contributed by atoms with E-state index in [0.29, 0.717) is 0 Å². The van der Waals surface area contributed by atoms with Crippen LogP contribution >= 0.6 is 0 Å². The zero-order valence-corrected chi connectivity index (χ0v) is 9.05.